The lowest BCUT2D eigenvalue weighted by Crippen LogP contribution is -2.53. The normalized spacial score (nSPS) is 14.8. The molecule has 0 radical (unpaired) electrons. The zero-order valence-electron chi connectivity index (χ0n) is 13.3. The summed E-state index contributed by atoms with van der Waals surface area (Å²) in [6.45, 7) is 2.30. The number of unbranched alkanes of at least 4 members (excludes halogenated alkanes) is 1. The van der Waals surface area contributed by atoms with Crippen molar-refractivity contribution in [1.82, 2.24) is 15.1 Å². The van der Waals surface area contributed by atoms with Gasteiger partial charge in [0.2, 0.25) is 5.91 Å². The third-order valence-electron chi connectivity index (χ3n) is 3.67. The maximum atomic E-state index is 12.7. The van der Waals surface area contributed by atoms with E-state index >= 15 is 0 Å². The molecule has 1 saturated heterocycles. The molecule has 126 valence electrons. The number of amides is 3. The fraction of sp³-hybridized carbons (Fsp3) is 0.500. The van der Waals surface area contributed by atoms with Crippen molar-refractivity contribution in [2.24, 2.45) is 0 Å². The minimum Gasteiger partial charge on any atom is -0.494 e. The number of hydrogen-bond donors (Lipinski definition) is 1. The maximum Gasteiger partial charge on any atom is 0.317 e. The fourth-order valence-electron chi connectivity index (χ4n) is 2.19. The van der Waals surface area contributed by atoms with Crippen molar-refractivity contribution >= 4 is 11.9 Å². The smallest absolute Gasteiger partial charge is 0.317 e. The summed E-state index contributed by atoms with van der Waals surface area (Å²) < 4.78 is 18.2. The van der Waals surface area contributed by atoms with Crippen LogP contribution in [0.15, 0.2) is 24.3 Å². The number of nitrogens with one attached hydrogen (secondary N) is 1. The first-order valence-corrected chi connectivity index (χ1v) is 7.71. The molecule has 3 amide bonds. The second kappa shape index (κ2) is 8.36. The van der Waals surface area contributed by atoms with Gasteiger partial charge in [0.15, 0.2) is 0 Å². The number of piperazine rings is 1. The van der Waals surface area contributed by atoms with Gasteiger partial charge in [0.1, 0.15) is 18.1 Å². The van der Waals surface area contributed by atoms with Crippen LogP contribution in [0.25, 0.3) is 0 Å². The summed E-state index contributed by atoms with van der Waals surface area (Å²) in [6.07, 6.45) is 1.55. The Morgan fingerprint density at radius 3 is 2.70 bits per heavy atom. The van der Waals surface area contributed by atoms with Gasteiger partial charge in [-0.05, 0) is 37.1 Å². The molecule has 0 atom stereocenters. The number of hydrogen-bond acceptors (Lipinski definition) is 3. The highest BCUT2D eigenvalue weighted by Crippen LogP contribution is 2.11. The molecule has 6 nitrogen and oxygen atoms in total. The highest BCUT2D eigenvalue weighted by atomic mass is 19.1. The number of ether oxygens (including phenoxy) is 1. The first-order chi connectivity index (χ1) is 11.1. The van der Waals surface area contributed by atoms with Crippen LogP contribution >= 0.6 is 0 Å². The molecular weight excluding hydrogens is 301 g/mol. The lowest BCUT2D eigenvalue weighted by Gasteiger charge is -2.31. The zero-order chi connectivity index (χ0) is 16.7. The van der Waals surface area contributed by atoms with Crippen molar-refractivity contribution in [2.45, 2.75) is 12.8 Å². The molecule has 1 aromatic rings. The van der Waals surface area contributed by atoms with Gasteiger partial charge < -0.3 is 19.9 Å². The predicted molar refractivity (Wildman–Crippen MR) is 83.7 cm³/mol. The molecule has 0 unspecified atom stereocenters. The monoisotopic (exact) mass is 323 g/mol. The minimum absolute atomic E-state index is 0.0425. The molecule has 1 fully saturated rings. The molecule has 1 aliphatic heterocycles. The lowest BCUT2D eigenvalue weighted by atomic mass is 10.3. The summed E-state index contributed by atoms with van der Waals surface area (Å²) in [7, 11) is 1.73. The van der Waals surface area contributed by atoms with Gasteiger partial charge in [-0.15, -0.1) is 0 Å². The van der Waals surface area contributed by atoms with Crippen molar-refractivity contribution in [1.29, 1.82) is 0 Å². The molecule has 7 heteroatoms. The molecule has 2 rings (SSSR count). The van der Waals surface area contributed by atoms with E-state index in [0.717, 1.165) is 12.8 Å². The van der Waals surface area contributed by atoms with Crippen LogP contribution in [0.1, 0.15) is 12.8 Å². The van der Waals surface area contributed by atoms with Gasteiger partial charge in [0, 0.05) is 26.7 Å². The van der Waals surface area contributed by atoms with Gasteiger partial charge in [0.25, 0.3) is 0 Å². The summed E-state index contributed by atoms with van der Waals surface area (Å²) in [5.41, 5.74) is 0. The minimum atomic E-state index is -0.289. The molecule has 1 N–H and O–H groups in total. The van der Waals surface area contributed by atoms with E-state index in [1.807, 2.05) is 0 Å². The van der Waals surface area contributed by atoms with E-state index in [9.17, 15) is 14.0 Å². The van der Waals surface area contributed by atoms with Crippen molar-refractivity contribution in [3.8, 4) is 5.75 Å². The number of nitrogens with zero attached hydrogens (tertiary/aromatic N) is 2. The van der Waals surface area contributed by atoms with Crippen molar-refractivity contribution in [2.75, 3.05) is 39.8 Å². The summed E-state index contributed by atoms with van der Waals surface area (Å²) in [6, 6.07) is 5.67. The molecular formula is C16H22FN3O3. The molecule has 0 saturated carbocycles. The Hall–Kier alpha value is -2.31. The SMILES string of the molecule is CN1CCN(C(=O)NCCCCOc2ccc(F)cc2)CC1=O. The van der Waals surface area contributed by atoms with E-state index in [4.69, 9.17) is 4.74 Å². The van der Waals surface area contributed by atoms with Crippen LogP contribution < -0.4 is 10.1 Å². The summed E-state index contributed by atoms with van der Waals surface area (Å²) in [5, 5.41) is 2.81. The molecule has 1 aliphatic rings. The van der Waals surface area contributed by atoms with Crippen LogP contribution in [0.4, 0.5) is 9.18 Å². The van der Waals surface area contributed by atoms with Crippen LogP contribution in [0, 0.1) is 5.82 Å². The molecule has 0 bridgehead atoms. The topological polar surface area (TPSA) is 61.9 Å². The number of urea groups is 1. The first kappa shape index (κ1) is 17.1. The van der Waals surface area contributed by atoms with Crippen molar-refractivity contribution in [3.05, 3.63) is 30.1 Å². The van der Waals surface area contributed by atoms with E-state index in [2.05, 4.69) is 5.32 Å². The number of halogens is 1. The second-order valence-corrected chi connectivity index (χ2v) is 5.48. The fourth-order valence-corrected chi connectivity index (χ4v) is 2.19. The van der Waals surface area contributed by atoms with Gasteiger partial charge in [-0.1, -0.05) is 0 Å². The van der Waals surface area contributed by atoms with E-state index in [-0.39, 0.29) is 24.3 Å². The van der Waals surface area contributed by atoms with Gasteiger partial charge in [0.05, 0.1) is 6.61 Å². The average molecular weight is 323 g/mol. The van der Waals surface area contributed by atoms with Gasteiger partial charge >= 0.3 is 6.03 Å². The summed E-state index contributed by atoms with van der Waals surface area (Å²) in [5.74, 6) is 0.299. The molecule has 0 aromatic heterocycles. The van der Waals surface area contributed by atoms with Gasteiger partial charge in [-0.2, -0.15) is 0 Å². The van der Waals surface area contributed by atoms with Crippen LogP contribution in [0.3, 0.4) is 0 Å². The first-order valence-electron chi connectivity index (χ1n) is 7.71. The Kier molecular flexibility index (Phi) is 6.19. The maximum absolute atomic E-state index is 12.7. The van der Waals surface area contributed by atoms with E-state index in [1.165, 1.54) is 17.0 Å². The van der Waals surface area contributed by atoms with Crippen molar-refractivity contribution in [3.63, 3.8) is 0 Å². The molecule has 0 spiro atoms. The third kappa shape index (κ3) is 5.43. The zero-order valence-corrected chi connectivity index (χ0v) is 13.3. The highest BCUT2D eigenvalue weighted by Gasteiger charge is 2.24. The Bertz CT molecular complexity index is 536. The van der Waals surface area contributed by atoms with E-state index < -0.39 is 0 Å². The second-order valence-electron chi connectivity index (χ2n) is 5.48. The van der Waals surface area contributed by atoms with Crippen LogP contribution in [0.2, 0.25) is 0 Å². The van der Waals surface area contributed by atoms with Crippen LogP contribution in [-0.4, -0.2) is 61.6 Å². The number of rotatable bonds is 6. The molecule has 0 aliphatic carbocycles. The highest BCUT2D eigenvalue weighted by molar-refractivity contribution is 5.85. The Labute approximate surface area is 135 Å². The van der Waals surface area contributed by atoms with Gasteiger partial charge in [-0.3, -0.25) is 4.79 Å². The lowest BCUT2D eigenvalue weighted by molar-refractivity contribution is -0.133. The Morgan fingerprint density at radius 2 is 2.00 bits per heavy atom. The largest absolute Gasteiger partial charge is 0.494 e. The molecule has 23 heavy (non-hydrogen) atoms. The van der Waals surface area contributed by atoms with Crippen molar-refractivity contribution < 1.29 is 18.7 Å². The van der Waals surface area contributed by atoms with E-state index in [1.54, 1.807) is 24.1 Å². The van der Waals surface area contributed by atoms with Gasteiger partial charge in [-0.25, -0.2) is 9.18 Å². The third-order valence-corrected chi connectivity index (χ3v) is 3.67. The number of likely N-dealkylation sites (N-methyl/N-ethyl adjacent to an activating group) is 1. The summed E-state index contributed by atoms with van der Waals surface area (Å²) in [4.78, 5) is 26.6. The quantitative estimate of drug-likeness (QED) is 0.807. The Balaban J connectivity index is 1.56. The number of carbonyl (C=O) groups excluding carboxylic acids is 2. The number of carbonyl (C=O) groups is 2. The summed E-state index contributed by atoms with van der Waals surface area (Å²) >= 11 is 0. The number of benzene rings is 1. The van der Waals surface area contributed by atoms with E-state index in [0.29, 0.717) is 32.0 Å². The predicted octanol–water partition coefficient (Wildman–Crippen LogP) is 1.47. The van der Waals surface area contributed by atoms with Crippen LogP contribution in [0.5, 0.6) is 5.75 Å². The van der Waals surface area contributed by atoms with Crippen LogP contribution in [-0.2, 0) is 4.79 Å². The standard InChI is InChI=1S/C16H22FN3O3/c1-19-9-10-20(12-15(19)21)16(22)18-8-2-3-11-23-14-6-4-13(17)5-7-14/h4-7H,2-3,8-12H2,1H3,(H,18,22). The average Bonchev–Trinajstić information content (AvgIpc) is 2.54. The molecule has 1 aromatic carbocycles. The Morgan fingerprint density at radius 1 is 1.26 bits per heavy atom. The molecule has 1 heterocycles.